The van der Waals surface area contributed by atoms with Crippen LogP contribution in [0.2, 0.25) is 25.8 Å². The lowest BCUT2D eigenvalue weighted by Crippen LogP contribution is -2.41. The number of anilines is 6. The number of aromatic amines is 1. The average molecular weight is 2380 g/mol. The second kappa shape index (κ2) is 52.4. The Kier molecular flexibility index (Phi) is 21.5. The van der Waals surface area contributed by atoms with E-state index in [0.29, 0.717) is 158 Å². The Bertz CT molecular complexity index is 6800. The molecular formula is C93H206B4Br2Cl5N21O17. The summed E-state index contributed by atoms with van der Waals surface area (Å²) in [6.07, 6.45) is 2.08. The van der Waals surface area contributed by atoms with Crippen LogP contribution in [0.3, 0.4) is 0 Å². The standard InChI is InChI=1S/C20H22BN3O4.C14H12BN3O3.C14H10BrN3O2.C12H24B2O4.C7H8ClN3O.2C7H6ClN3.C6H4BrNO2.C6H4Cl2N2O.55H2/c1-19(2)20(3,4)28-21(27-19)15-8-7-14(11-13(15)12-25)26-17-10-9-16(22-5)18(23-6)24-17;1-16-12-5-6-13(18-14(12)17-2)21-10-3-4-11-9(7-10)8-20-15(11)19;1-16-12-5-6-13(18-14(12)17-2)20-10-3-4-11(15)9(7-10)8-19;1-9(2)10(3,4)16-13(15-9)14-17-11(5,6)12(7,8)18-14;1-10-7-4(6(9)12)2-3-5(8)11-7;2*1-9-5-3-4-6(8)11-7(5)10-2;7-4-1-2-6(10)8-5(4)3-9;7-4-2-1-3(6(9)11)5(8)10-4;;;;;;;;;;;;;;;;;;;;;;;;;;;;;;;;;;;;;;;;;;;;;;;;;;;;;;;/h7-12H,1-4,6H3,(H,23,24);3-7,19H,8H2,2H3,(H,17,18);3-8H,2H3,(H,17,18);1-8H3;2-3H,1H3,(H2,9,12)(H,10,11);2*3-4H,2H3,(H,10,11);1-3H,(H,8,10);1-2H,(H2,9,11);55*1H/i;;;;;;;;;55*1+1D. The van der Waals surface area contributed by atoms with Gasteiger partial charge in [-0.2, -0.15) is 0 Å². The molecule has 12 heterocycles. The number of hydrogen-bond acceptors (Lipinski definition) is 30. The molecule has 49 heteroatoms. The average Bonchev–Trinajstić information content (AvgIpc) is 1.59. The molecule has 0 saturated carbocycles. The molecule has 15 rings (SSSR count). The molecule has 142 heavy (non-hydrogen) atoms. The van der Waals surface area contributed by atoms with Crippen LogP contribution < -0.4 is 74.1 Å². The van der Waals surface area contributed by atoms with Gasteiger partial charge in [-0.25, -0.2) is 59.1 Å². The summed E-state index contributed by atoms with van der Waals surface area (Å²) in [4.78, 5) is 112. The lowest BCUT2D eigenvalue weighted by atomic mass is 9.49. The van der Waals surface area contributed by atoms with Crippen molar-refractivity contribution in [3.8, 4) is 34.9 Å². The summed E-state index contributed by atoms with van der Waals surface area (Å²) < 4.78 is 609. The molecule has 0 aliphatic carbocycles. The molecule has 11 aromatic rings. The Hall–Kier alpha value is -13.4. The molecule has 3 saturated heterocycles. The van der Waals surface area contributed by atoms with Crippen LogP contribution in [0.15, 0.2) is 165 Å². The van der Waals surface area contributed by atoms with Gasteiger partial charge >= 0.3 is 28.3 Å². The zero-order valence-corrected chi connectivity index (χ0v) is 86.8. The third kappa shape index (κ3) is 31.6. The van der Waals surface area contributed by atoms with Gasteiger partial charge in [-0.15, -0.1) is 0 Å². The van der Waals surface area contributed by atoms with Crippen LogP contribution in [0.5, 0.6) is 34.9 Å². The number of aldehydes is 3. The van der Waals surface area contributed by atoms with Gasteiger partial charge in [0.15, 0.2) is 12.6 Å². The van der Waals surface area contributed by atoms with Gasteiger partial charge in [-0.1, -0.05) is 86.1 Å². The van der Waals surface area contributed by atoms with Gasteiger partial charge in [0.25, 0.3) is 11.8 Å². The van der Waals surface area contributed by atoms with Crippen molar-refractivity contribution in [1.82, 2.24) is 39.9 Å². The first-order valence-electron chi connectivity index (χ1n) is 97.1. The summed E-state index contributed by atoms with van der Waals surface area (Å²) in [5.74, 6) is 4.27. The number of nitrogens with zero attached hydrogens (tertiary/aromatic N) is 12. The van der Waals surface area contributed by atoms with Crippen LogP contribution in [-0.2, 0) is 39.2 Å². The highest BCUT2D eigenvalue weighted by atomic mass is 79.9. The van der Waals surface area contributed by atoms with Gasteiger partial charge in [0.05, 0.1) is 89.9 Å². The zero-order chi connectivity index (χ0) is 216. The normalized spacial score (nSPS) is 17.3. The summed E-state index contributed by atoms with van der Waals surface area (Å²) in [7, 11) is 7.68. The van der Waals surface area contributed by atoms with Crippen LogP contribution in [0, 0.1) is 32.9 Å². The van der Waals surface area contributed by atoms with E-state index in [-0.39, 0.29) is 49.5 Å². The molecule has 4 aliphatic heterocycles. The van der Waals surface area contributed by atoms with E-state index in [9.17, 15) is 33.8 Å². The molecule has 0 atom stereocenters. The van der Waals surface area contributed by atoms with E-state index in [1.54, 1.807) is 151 Å². The van der Waals surface area contributed by atoms with E-state index >= 15 is 0 Å². The minimum absolute atomic E-state index is 0.0324. The molecule has 4 aliphatic rings. The largest absolute Gasteiger partial charge is 0.495 e. The Balaban J connectivity index is -0.0000000369. The van der Waals surface area contributed by atoms with E-state index in [2.05, 4.69) is 128 Å². The highest BCUT2D eigenvalue weighted by Gasteiger charge is 2.64. The summed E-state index contributed by atoms with van der Waals surface area (Å²) in [5.41, 5.74) is 13.6. The molecule has 0 radical (unpaired) electrons. The van der Waals surface area contributed by atoms with Gasteiger partial charge < -0.3 is 100 Å². The highest BCUT2D eigenvalue weighted by molar-refractivity contribution is 9.10. The Morgan fingerprint density at radius 3 is 1.11 bits per heavy atom. The number of H-pyrrole nitrogens is 1. The number of rotatable bonds is 19. The molecule has 846 valence electrons. The quantitative estimate of drug-likeness (QED) is 0.0156. The summed E-state index contributed by atoms with van der Waals surface area (Å²) in [6, 6.07) is 40.5. The van der Waals surface area contributed by atoms with Crippen molar-refractivity contribution >= 4 is 223 Å². The Morgan fingerprint density at radius 1 is 0.430 bits per heavy atom. The first-order valence-corrected chi connectivity index (χ1v) is 45.6. The zero-order valence-electron chi connectivity index (χ0n) is 190. The lowest BCUT2D eigenvalue weighted by Gasteiger charge is -2.32. The first-order chi connectivity index (χ1) is 122. The third-order valence-corrected chi connectivity index (χ3v) is 24.0. The number of ether oxygens (including phenoxy) is 3. The molecule has 12 N–H and O–H groups in total. The summed E-state index contributed by atoms with van der Waals surface area (Å²) in [6.45, 7) is 59.1. The van der Waals surface area contributed by atoms with Crippen LogP contribution >= 0.6 is 89.9 Å². The fraction of sp³-hybridized carbons (Fsp3) is 0.269. The Labute approximate surface area is 1030 Å². The van der Waals surface area contributed by atoms with E-state index in [4.69, 9.17) is 312 Å². The van der Waals surface area contributed by atoms with Crippen molar-refractivity contribution in [1.29, 1.82) is 0 Å². The van der Waals surface area contributed by atoms with Crippen molar-refractivity contribution < 1.29 is 239 Å². The number of aromatic nitrogens is 8. The fourth-order valence-electron chi connectivity index (χ4n) is 11.9. The lowest BCUT2D eigenvalue weighted by molar-refractivity contribution is 0.00578. The third-order valence-electron chi connectivity index (χ3n) is 21.5. The summed E-state index contributed by atoms with van der Waals surface area (Å²) in [5, 5.41) is 27.8. The molecule has 8 aromatic heterocycles. The van der Waals surface area contributed by atoms with Crippen LogP contribution in [-0.4, -0.2) is 180 Å². The van der Waals surface area contributed by atoms with Crippen molar-refractivity contribution in [3.05, 3.63) is 287 Å². The van der Waals surface area contributed by atoms with E-state index in [0.717, 1.165) is 23.6 Å². The number of benzene rings is 3. The highest BCUT2D eigenvalue weighted by Crippen LogP contribution is 2.44. The van der Waals surface area contributed by atoms with Gasteiger partial charge in [-0.05, 0) is 249 Å². The number of primary amides is 2. The number of carbonyl (C=O) groups is 5. The van der Waals surface area contributed by atoms with E-state index in [1.165, 1.54) is 36.4 Å². The first kappa shape index (κ1) is 58.3. The number of halogens is 7. The van der Waals surface area contributed by atoms with Crippen LogP contribution in [0.4, 0.5) is 63.3 Å². The van der Waals surface area contributed by atoms with Gasteiger partial charge in [0.1, 0.15) is 84.2 Å². The minimum Gasteiger partial charge on any atom is -0.439 e. The number of hydrogen-bond donors (Lipinski definition) is 10. The van der Waals surface area contributed by atoms with Crippen molar-refractivity contribution in [2.75, 3.05) is 74.2 Å². The number of fused-ring (bicyclic) bond motifs is 1. The Morgan fingerprint density at radius 2 is 0.754 bits per heavy atom. The van der Waals surface area contributed by atoms with E-state index in [1.807, 2.05) is 89.2 Å². The molecule has 0 spiro atoms. The number of amides is 2. The molecule has 0 bridgehead atoms. The molecular weight excluding hydrogens is 2060 g/mol. The predicted octanol–water partition coefficient (Wildman–Crippen LogP) is 33.1. The number of carbonyl (C=O) groups excluding carboxylic acids is 5. The molecule has 38 nitrogen and oxygen atoms in total. The topological polar surface area (TPSA) is 467 Å². The number of nitrogens with one attached hydrogen (secondary N) is 7. The predicted molar refractivity (Wildman–Crippen MR) is 675 cm³/mol. The summed E-state index contributed by atoms with van der Waals surface area (Å²) >= 11 is 34.2. The van der Waals surface area contributed by atoms with Gasteiger partial charge in [0.2, 0.25) is 51.6 Å². The molecule has 2 amide bonds. The van der Waals surface area contributed by atoms with Gasteiger partial charge in [0, 0.05) is 232 Å². The van der Waals surface area contributed by atoms with Crippen molar-refractivity contribution in [3.63, 3.8) is 0 Å². The maximum atomic E-state index is 11.7. The SMILES string of the molecule is CC1(C)OB(B2OC(C)(C)C(C)(C)O2)OC1(C)C.CNc1nc(Cl)ccc1C(N)=O.NC(=O)c1ccc(Cl)nc1Cl.O=Cc1[nH]c(=O)ccc1Br.[2H][2H].[2H][2H].[2H][2H].[2H][2H].[2H][2H].[2H][2H].[2H][2H].[2H][2H].[2H][2H].[2H][2H].[2H][2H].[2H][2H].[2H][2H].[2H][2H].[2H][2H].[2H][2H].[2H][2H].[2H][2H].[2H][2H].[2H][2H].[2H][2H].[2H][2H].[2H][2H].[2H][2H].[2H][2H].[2H][2H].[2H][2H].[2H][2H].[2H][2H].[2H][2H].[2H][2H].[2H][2H].[2H][2H].[2H][2H].[2H][2H].[2H][2H].[2H][2H].[2H][2H].[2H][2H].[2H][2H].[2H][2H].[2H][2H].[2H][2H].[2H][2H].[2H][2H].[2H][2H].[2H][2H].[2H][2H].[2H][2H].[2H][2H].[2H][2H].[2H][2H].[2H][2H].[2H][2H].[2H][2H].[C-]#[N+]c1ccc(Cl)nc1NC.[C-]#[N+]c1ccc(Cl)nc1NC.[C-]#[N+]c1ccc(Oc2ccc(B3OC(C)(C)C(C)(C)O3)c(C=O)c2)nc1NC.[C-]#[N+]c1ccc(Oc2ccc(Br)c(C=O)c2)nc1NC.[C-]#[N+]c1ccc(Oc2ccc3c(c2)COB3O)nc1NC. The second-order valence-electron chi connectivity index (χ2n) is 32.4. The number of pyridine rings is 8. The van der Waals surface area contributed by atoms with Crippen molar-refractivity contribution in [2.24, 2.45) is 11.5 Å². The second-order valence-corrected chi connectivity index (χ2v) is 36.0. The van der Waals surface area contributed by atoms with Crippen LogP contribution in [0.25, 0.3) is 24.2 Å². The minimum atomic E-state index is -0.860. The monoisotopic (exact) mass is 2380 g/mol. The smallest absolute Gasteiger partial charge is 0.439 e. The van der Waals surface area contributed by atoms with E-state index < -0.39 is 51.3 Å². The maximum absolute atomic E-state index is 11.7. The molecule has 3 aromatic carbocycles. The molecule has 3 fully saturated rings. The van der Waals surface area contributed by atoms with Crippen LogP contribution in [0.1, 0.15) is 304 Å². The van der Waals surface area contributed by atoms with Crippen molar-refractivity contribution in [2.45, 2.75) is 123 Å². The maximum Gasteiger partial charge on any atom is 0.495 e. The molecule has 0 unspecified atom stereocenters. The van der Waals surface area contributed by atoms with Gasteiger partial charge in [-0.3, -0.25) is 28.8 Å². The number of nitrogens with two attached hydrogens (primary N) is 2. The fourth-order valence-corrected chi connectivity index (χ4v) is 13.4.